The predicted molar refractivity (Wildman–Crippen MR) is 111 cm³/mol. The van der Waals surface area contributed by atoms with Gasteiger partial charge in [-0.15, -0.1) is 0 Å². The lowest BCUT2D eigenvalue weighted by Gasteiger charge is -2.20. The van der Waals surface area contributed by atoms with E-state index in [1.165, 1.54) is 24.9 Å². The molecule has 0 saturated carbocycles. The van der Waals surface area contributed by atoms with Gasteiger partial charge in [0.2, 0.25) is 0 Å². The first-order valence-electron chi connectivity index (χ1n) is 9.84. The number of carbonyl (C=O) groups is 1. The molecule has 0 radical (unpaired) electrons. The SMILES string of the molecule is CC(=O)c1cccc(-c2ccc3ncc(CCN4CCC[C@H]4C)cc3c2)c1. The van der Waals surface area contributed by atoms with Gasteiger partial charge in [0.25, 0.3) is 0 Å². The van der Waals surface area contributed by atoms with Gasteiger partial charge in [-0.05, 0) is 80.6 Å². The van der Waals surface area contributed by atoms with Crippen LogP contribution in [0, 0.1) is 0 Å². The molecule has 1 aliphatic heterocycles. The standard InChI is InChI=1S/C24H26N2O/c1-17-5-4-11-26(17)12-10-19-13-23-15-22(8-9-24(23)25-16-19)21-7-3-6-20(14-21)18(2)27/h3,6-9,13-17H,4-5,10-12H2,1-2H3/t17-/m1/s1. The molecular weight excluding hydrogens is 332 g/mol. The first-order valence-corrected chi connectivity index (χ1v) is 9.84. The Morgan fingerprint density at radius 3 is 2.78 bits per heavy atom. The largest absolute Gasteiger partial charge is 0.300 e. The summed E-state index contributed by atoms with van der Waals surface area (Å²) >= 11 is 0. The number of Topliss-reactive ketones (excluding diaryl/α,β-unsaturated/α-hetero) is 1. The molecule has 3 heteroatoms. The van der Waals surface area contributed by atoms with Gasteiger partial charge in [-0.2, -0.15) is 0 Å². The van der Waals surface area contributed by atoms with Crippen LogP contribution in [0.25, 0.3) is 22.0 Å². The van der Waals surface area contributed by atoms with E-state index in [-0.39, 0.29) is 5.78 Å². The first-order chi connectivity index (χ1) is 13.1. The minimum Gasteiger partial charge on any atom is -0.300 e. The van der Waals surface area contributed by atoms with Crippen molar-refractivity contribution in [3.8, 4) is 11.1 Å². The Morgan fingerprint density at radius 1 is 1.15 bits per heavy atom. The number of nitrogens with zero attached hydrogens (tertiary/aromatic N) is 2. The predicted octanol–water partition coefficient (Wildman–Crippen LogP) is 5.13. The second-order valence-electron chi connectivity index (χ2n) is 7.67. The molecule has 4 rings (SSSR count). The smallest absolute Gasteiger partial charge is 0.159 e. The Bertz CT molecular complexity index is 979. The topological polar surface area (TPSA) is 33.2 Å². The second kappa shape index (κ2) is 7.61. The monoisotopic (exact) mass is 358 g/mol. The fraction of sp³-hybridized carbons (Fsp3) is 0.333. The third-order valence-electron chi connectivity index (χ3n) is 5.72. The number of benzene rings is 2. The summed E-state index contributed by atoms with van der Waals surface area (Å²) in [5, 5.41) is 1.16. The number of hydrogen-bond acceptors (Lipinski definition) is 3. The molecule has 1 aromatic heterocycles. The molecule has 3 aromatic rings. The zero-order valence-electron chi connectivity index (χ0n) is 16.1. The maximum absolute atomic E-state index is 11.7. The number of carbonyl (C=O) groups excluding carboxylic acids is 1. The van der Waals surface area contributed by atoms with Crippen molar-refractivity contribution in [2.75, 3.05) is 13.1 Å². The van der Waals surface area contributed by atoms with Gasteiger partial charge in [-0.1, -0.05) is 24.3 Å². The molecule has 0 N–H and O–H groups in total. The maximum Gasteiger partial charge on any atom is 0.159 e. The van der Waals surface area contributed by atoms with Crippen LogP contribution in [0.4, 0.5) is 0 Å². The summed E-state index contributed by atoms with van der Waals surface area (Å²) < 4.78 is 0. The number of ketones is 1. The van der Waals surface area contributed by atoms with E-state index in [0.717, 1.165) is 40.6 Å². The zero-order valence-corrected chi connectivity index (χ0v) is 16.1. The van der Waals surface area contributed by atoms with Crippen molar-refractivity contribution in [1.29, 1.82) is 0 Å². The van der Waals surface area contributed by atoms with Gasteiger partial charge in [-0.3, -0.25) is 9.78 Å². The average molecular weight is 358 g/mol. The van der Waals surface area contributed by atoms with E-state index in [0.29, 0.717) is 6.04 Å². The lowest BCUT2D eigenvalue weighted by molar-refractivity contribution is 0.101. The summed E-state index contributed by atoms with van der Waals surface area (Å²) in [5.74, 6) is 0.0951. The molecule has 0 unspecified atom stereocenters. The van der Waals surface area contributed by atoms with E-state index < -0.39 is 0 Å². The van der Waals surface area contributed by atoms with Crippen LogP contribution in [0.1, 0.15) is 42.6 Å². The molecule has 1 saturated heterocycles. The summed E-state index contributed by atoms with van der Waals surface area (Å²) in [4.78, 5) is 18.9. The number of aromatic nitrogens is 1. The quantitative estimate of drug-likeness (QED) is 0.593. The maximum atomic E-state index is 11.7. The third kappa shape index (κ3) is 3.93. The molecule has 0 bridgehead atoms. The number of likely N-dealkylation sites (tertiary alicyclic amines) is 1. The average Bonchev–Trinajstić information content (AvgIpc) is 3.10. The zero-order chi connectivity index (χ0) is 18.8. The number of hydrogen-bond donors (Lipinski definition) is 0. The highest BCUT2D eigenvalue weighted by molar-refractivity contribution is 5.95. The highest BCUT2D eigenvalue weighted by atomic mass is 16.1. The molecule has 1 fully saturated rings. The van der Waals surface area contributed by atoms with Crippen molar-refractivity contribution in [3.63, 3.8) is 0 Å². The van der Waals surface area contributed by atoms with Crippen LogP contribution in [-0.4, -0.2) is 34.8 Å². The summed E-state index contributed by atoms with van der Waals surface area (Å²) in [7, 11) is 0. The van der Waals surface area contributed by atoms with Crippen LogP contribution >= 0.6 is 0 Å². The van der Waals surface area contributed by atoms with Crippen molar-refractivity contribution in [1.82, 2.24) is 9.88 Å². The minimum absolute atomic E-state index is 0.0951. The summed E-state index contributed by atoms with van der Waals surface area (Å²) in [6, 6.07) is 17.1. The molecule has 0 aliphatic carbocycles. The van der Waals surface area contributed by atoms with Crippen molar-refractivity contribution >= 4 is 16.7 Å². The van der Waals surface area contributed by atoms with E-state index in [2.05, 4.69) is 47.1 Å². The molecule has 1 atom stereocenters. The van der Waals surface area contributed by atoms with E-state index in [4.69, 9.17) is 0 Å². The summed E-state index contributed by atoms with van der Waals surface area (Å²) in [5.41, 5.74) is 5.24. The van der Waals surface area contributed by atoms with Gasteiger partial charge in [0.05, 0.1) is 5.52 Å². The molecule has 27 heavy (non-hydrogen) atoms. The van der Waals surface area contributed by atoms with Gasteiger partial charge in [0.15, 0.2) is 5.78 Å². The fourth-order valence-corrected chi connectivity index (χ4v) is 4.01. The van der Waals surface area contributed by atoms with E-state index >= 15 is 0 Å². The van der Waals surface area contributed by atoms with Crippen molar-refractivity contribution in [2.45, 2.75) is 39.2 Å². The Balaban J connectivity index is 1.59. The number of rotatable bonds is 5. The Hall–Kier alpha value is -2.52. The normalized spacial score (nSPS) is 17.5. The first kappa shape index (κ1) is 17.9. The molecule has 2 aromatic carbocycles. The Kier molecular flexibility index (Phi) is 5.04. The summed E-state index contributed by atoms with van der Waals surface area (Å²) in [6.07, 6.45) is 5.69. The number of fused-ring (bicyclic) bond motifs is 1. The van der Waals surface area contributed by atoms with Gasteiger partial charge in [-0.25, -0.2) is 0 Å². The van der Waals surface area contributed by atoms with Crippen LogP contribution < -0.4 is 0 Å². The van der Waals surface area contributed by atoms with Crippen LogP contribution in [-0.2, 0) is 6.42 Å². The van der Waals surface area contributed by atoms with Crippen LogP contribution in [0.2, 0.25) is 0 Å². The van der Waals surface area contributed by atoms with E-state index in [9.17, 15) is 4.79 Å². The number of pyridine rings is 1. The molecule has 0 spiro atoms. The van der Waals surface area contributed by atoms with Gasteiger partial charge in [0.1, 0.15) is 0 Å². The molecule has 1 aliphatic rings. The van der Waals surface area contributed by atoms with E-state index in [1.54, 1.807) is 6.92 Å². The lowest BCUT2D eigenvalue weighted by atomic mass is 9.99. The Morgan fingerprint density at radius 2 is 2.00 bits per heavy atom. The molecule has 2 heterocycles. The highest BCUT2D eigenvalue weighted by Gasteiger charge is 2.19. The van der Waals surface area contributed by atoms with E-state index in [1.807, 2.05) is 24.4 Å². The van der Waals surface area contributed by atoms with Crippen molar-refractivity contribution < 1.29 is 4.79 Å². The van der Waals surface area contributed by atoms with Crippen LogP contribution in [0.5, 0.6) is 0 Å². The van der Waals surface area contributed by atoms with Crippen LogP contribution in [0.3, 0.4) is 0 Å². The molecular formula is C24H26N2O. The Labute approximate surface area is 161 Å². The van der Waals surface area contributed by atoms with Crippen LogP contribution in [0.15, 0.2) is 54.7 Å². The van der Waals surface area contributed by atoms with Gasteiger partial charge < -0.3 is 4.90 Å². The lowest BCUT2D eigenvalue weighted by Crippen LogP contribution is -2.28. The highest BCUT2D eigenvalue weighted by Crippen LogP contribution is 2.25. The second-order valence-corrected chi connectivity index (χ2v) is 7.67. The molecule has 3 nitrogen and oxygen atoms in total. The van der Waals surface area contributed by atoms with Gasteiger partial charge >= 0.3 is 0 Å². The molecule has 138 valence electrons. The van der Waals surface area contributed by atoms with Gasteiger partial charge in [0, 0.05) is 29.7 Å². The minimum atomic E-state index is 0.0951. The summed E-state index contributed by atoms with van der Waals surface area (Å²) in [6.45, 7) is 6.26. The van der Waals surface area contributed by atoms with Crippen molar-refractivity contribution in [2.24, 2.45) is 0 Å². The fourth-order valence-electron chi connectivity index (χ4n) is 4.01. The van der Waals surface area contributed by atoms with Crippen molar-refractivity contribution in [3.05, 3.63) is 65.9 Å². The molecule has 0 amide bonds. The third-order valence-corrected chi connectivity index (χ3v) is 5.72.